The predicted molar refractivity (Wildman–Crippen MR) is 136 cm³/mol. The van der Waals surface area contributed by atoms with Gasteiger partial charge < -0.3 is 19.9 Å². The van der Waals surface area contributed by atoms with E-state index in [2.05, 4.69) is 39.2 Å². The van der Waals surface area contributed by atoms with Crippen molar-refractivity contribution in [2.75, 3.05) is 26.2 Å². The zero-order valence-corrected chi connectivity index (χ0v) is 20.6. The van der Waals surface area contributed by atoms with E-state index in [0.717, 1.165) is 44.5 Å². The number of aliphatic hydroxyl groups is 1. The number of amides is 1. The Morgan fingerprint density at radius 3 is 2.44 bits per heavy atom. The molecular weight excluding hydrogens is 429 g/mol. The van der Waals surface area contributed by atoms with E-state index in [1.54, 1.807) is 6.92 Å². The van der Waals surface area contributed by atoms with Gasteiger partial charge in [0.15, 0.2) is 0 Å². The number of nitrogens with zero attached hydrogens (tertiary/aromatic N) is 2. The van der Waals surface area contributed by atoms with Gasteiger partial charge in [-0.05, 0) is 67.0 Å². The molecule has 0 saturated carbocycles. The fraction of sp³-hybridized carbons (Fsp3) is 0.464. The lowest BCUT2D eigenvalue weighted by Gasteiger charge is -2.33. The number of carbonyl (C=O) groups is 1. The number of rotatable bonds is 8. The van der Waals surface area contributed by atoms with Crippen LogP contribution in [0.5, 0.6) is 0 Å². The summed E-state index contributed by atoms with van der Waals surface area (Å²) in [5.41, 5.74) is 3.34. The van der Waals surface area contributed by atoms with Crippen LogP contribution < -0.4 is 5.32 Å². The van der Waals surface area contributed by atoms with Crippen LogP contribution >= 0.6 is 0 Å². The number of hydrogen-bond donors (Lipinski definition) is 2. The summed E-state index contributed by atoms with van der Waals surface area (Å²) < 4.78 is 15.4. The van der Waals surface area contributed by atoms with Crippen LogP contribution in [0, 0.1) is 5.82 Å². The summed E-state index contributed by atoms with van der Waals surface area (Å²) in [4.78, 5) is 14.6. The van der Waals surface area contributed by atoms with Gasteiger partial charge in [-0.1, -0.05) is 38.1 Å². The second kappa shape index (κ2) is 12.7. The number of fused-ring (bicyclic) bond motifs is 1. The molecule has 34 heavy (non-hydrogen) atoms. The van der Waals surface area contributed by atoms with Crippen molar-refractivity contribution in [1.82, 2.24) is 14.8 Å². The van der Waals surface area contributed by atoms with Crippen LogP contribution in [0.2, 0.25) is 0 Å². The molecule has 1 unspecified atom stereocenters. The van der Waals surface area contributed by atoms with Gasteiger partial charge in [-0.2, -0.15) is 0 Å². The maximum Gasteiger partial charge on any atom is 0.224 e. The van der Waals surface area contributed by atoms with E-state index in [1.807, 2.05) is 32.0 Å². The average molecular weight is 468 g/mol. The molecule has 1 atom stereocenters. The van der Waals surface area contributed by atoms with Gasteiger partial charge in [-0.25, -0.2) is 4.39 Å². The topological polar surface area (TPSA) is 57.5 Å². The molecule has 1 saturated heterocycles. The van der Waals surface area contributed by atoms with E-state index in [-0.39, 0.29) is 18.3 Å². The van der Waals surface area contributed by atoms with Crippen molar-refractivity contribution in [2.45, 2.75) is 58.6 Å². The average Bonchev–Trinajstić information content (AvgIpc) is 3.27. The fourth-order valence-corrected chi connectivity index (χ4v) is 4.49. The lowest BCUT2D eigenvalue weighted by atomic mass is 10.0. The molecule has 5 nitrogen and oxygen atoms in total. The Hall–Kier alpha value is -2.70. The summed E-state index contributed by atoms with van der Waals surface area (Å²) in [5.74, 6) is -0.255. The van der Waals surface area contributed by atoms with Crippen LogP contribution in [0.1, 0.15) is 50.8 Å². The number of piperidine rings is 1. The largest absolute Gasteiger partial charge is 0.392 e. The van der Waals surface area contributed by atoms with Crippen LogP contribution in [-0.2, 0) is 17.6 Å². The molecule has 6 heteroatoms. The Balaban J connectivity index is 0.00000158. The summed E-state index contributed by atoms with van der Waals surface area (Å²) in [5, 5.41) is 13.3. The molecule has 2 heterocycles. The summed E-state index contributed by atoms with van der Waals surface area (Å²) in [6.07, 6.45) is 5.06. The van der Waals surface area contributed by atoms with E-state index in [9.17, 15) is 14.3 Å². The van der Waals surface area contributed by atoms with Crippen LogP contribution in [-0.4, -0.2) is 52.8 Å². The summed E-state index contributed by atoms with van der Waals surface area (Å²) in [7, 11) is 0. The van der Waals surface area contributed by atoms with Gasteiger partial charge in [0.05, 0.1) is 12.5 Å². The van der Waals surface area contributed by atoms with E-state index < -0.39 is 6.10 Å². The number of aliphatic hydroxyl groups excluding tert-OH is 1. The molecule has 0 spiro atoms. The predicted octanol–water partition coefficient (Wildman–Crippen LogP) is 4.73. The zero-order valence-electron chi connectivity index (χ0n) is 20.6. The molecule has 1 fully saturated rings. The highest BCUT2D eigenvalue weighted by molar-refractivity contribution is 5.84. The Labute approximate surface area is 202 Å². The molecule has 0 aliphatic carbocycles. The highest BCUT2D eigenvalue weighted by Crippen LogP contribution is 2.28. The quantitative estimate of drug-likeness (QED) is 0.504. The number of aromatic nitrogens is 1. The smallest absolute Gasteiger partial charge is 0.224 e. The van der Waals surface area contributed by atoms with Crippen LogP contribution in [0.15, 0.2) is 54.7 Å². The third-order valence-electron chi connectivity index (χ3n) is 6.33. The summed E-state index contributed by atoms with van der Waals surface area (Å²) >= 11 is 0. The van der Waals surface area contributed by atoms with Gasteiger partial charge in [-0.15, -0.1) is 0 Å². The molecule has 4 rings (SSSR count). The van der Waals surface area contributed by atoms with Gasteiger partial charge in [-0.3, -0.25) is 4.79 Å². The molecule has 3 aromatic rings. The molecule has 1 aromatic heterocycles. The first-order valence-corrected chi connectivity index (χ1v) is 12.5. The second-order valence-corrected chi connectivity index (χ2v) is 8.90. The highest BCUT2D eigenvalue weighted by atomic mass is 19.1. The Morgan fingerprint density at radius 1 is 1.09 bits per heavy atom. The van der Waals surface area contributed by atoms with Gasteiger partial charge in [0, 0.05) is 43.9 Å². The van der Waals surface area contributed by atoms with Gasteiger partial charge in [0.2, 0.25) is 5.91 Å². The van der Waals surface area contributed by atoms with Crippen molar-refractivity contribution in [2.24, 2.45) is 0 Å². The molecular formula is C28H38FN3O2. The van der Waals surface area contributed by atoms with Crippen LogP contribution in [0.25, 0.3) is 10.9 Å². The second-order valence-electron chi connectivity index (χ2n) is 8.90. The lowest BCUT2D eigenvalue weighted by molar-refractivity contribution is -0.120. The van der Waals surface area contributed by atoms with Gasteiger partial charge in [0.1, 0.15) is 5.82 Å². The first-order valence-electron chi connectivity index (χ1n) is 12.5. The number of nitrogens with one attached hydrogen (secondary N) is 1. The number of benzene rings is 2. The first-order chi connectivity index (χ1) is 16.5. The number of halogens is 1. The van der Waals surface area contributed by atoms with E-state index >= 15 is 0 Å². The van der Waals surface area contributed by atoms with E-state index in [0.29, 0.717) is 12.5 Å². The van der Waals surface area contributed by atoms with Gasteiger partial charge >= 0.3 is 0 Å². The minimum Gasteiger partial charge on any atom is -0.392 e. The minimum absolute atomic E-state index is 0.0715. The van der Waals surface area contributed by atoms with Crippen molar-refractivity contribution in [3.05, 3.63) is 71.7 Å². The summed E-state index contributed by atoms with van der Waals surface area (Å²) in [6.45, 7) is 9.03. The fourth-order valence-electron chi connectivity index (χ4n) is 4.49. The molecule has 1 aliphatic heterocycles. The maximum absolute atomic E-state index is 13.1. The number of likely N-dealkylation sites (tertiary alicyclic amines) is 1. The molecule has 0 radical (unpaired) electrons. The molecule has 0 bridgehead atoms. The molecule has 1 amide bonds. The van der Waals surface area contributed by atoms with Gasteiger partial charge in [0.25, 0.3) is 0 Å². The molecule has 1 aliphatic rings. The maximum atomic E-state index is 13.1. The van der Waals surface area contributed by atoms with Crippen molar-refractivity contribution >= 4 is 16.8 Å². The highest BCUT2D eigenvalue weighted by Gasteiger charge is 2.21. The standard InChI is InChI=1S/C26H32FN3O2.C2H6/c1-19(31)18-28-26(32)17-21-2-5-22-9-15-30(25(22)16-21)24-10-13-29(14-11-24)12-8-20-3-6-23(27)7-4-20;1-2/h2-7,9,15-16,19,24,31H,8,10-14,17-18H2,1H3,(H,28,32);1-2H3. The third kappa shape index (κ3) is 7.15. The normalized spacial score (nSPS) is 15.6. The Kier molecular flexibility index (Phi) is 9.66. The Bertz CT molecular complexity index is 1040. The molecule has 2 N–H and O–H groups in total. The monoisotopic (exact) mass is 467 g/mol. The van der Waals surface area contributed by atoms with Crippen molar-refractivity contribution in [3.63, 3.8) is 0 Å². The lowest BCUT2D eigenvalue weighted by Crippen LogP contribution is -2.35. The third-order valence-corrected chi connectivity index (χ3v) is 6.33. The number of hydrogen-bond acceptors (Lipinski definition) is 3. The molecule has 2 aromatic carbocycles. The van der Waals surface area contributed by atoms with Crippen molar-refractivity contribution in [3.8, 4) is 0 Å². The first kappa shape index (κ1) is 25.9. The zero-order chi connectivity index (χ0) is 24.5. The van der Waals surface area contributed by atoms with E-state index in [4.69, 9.17) is 0 Å². The van der Waals surface area contributed by atoms with Crippen LogP contribution in [0.4, 0.5) is 4.39 Å². The van der Waals surface area contributed by atoms with Crippen molar-refractivity contribution < 1.29 is 14.3 Å². The minimum atomic E-state index is -0.541. The SMILES string of the molecule is CC.CC(O)CNC(=O)Cc1ccc2ccn(C3CCN(CCc4ccc(F)cc4)CC3)c2c1. The van der Waals surface area contributed by atoms with E-state index in [1.165, 1.54) is 28.6 Å². The number of carbonyl (C=O) groups excluding carboxylic acids is 1. The molecule has 184 valence electrons. The van der Waals surface area contributed by atoms with Crippen LogP contribution in [0.3, 0.4) is 0 Å². The summed E-state index contributed by atoms with van der Waals surface area (Å²) in [6, 6.07) is 15.6. The Morgan fingerprint density at radius 2 is 1.76 bits per heavy atom. The van der Waals surface area contributed by atoms with Crippen molar-refractivity contribution in [1.29, 1.82) is 0 Å².